The molecular formula is C27H21F3N2O2. The van der Waals surface area contributed by atoms with E-state index in [0.29, 0.717) is 35.5 Å². The van der Waals surface area contributed by atoms with Crippen LogP contribution < -0.4 is 0 Å². The molecule has 1 unspecified atom stereocenters. The molecule has 1 aromatic heterocycles. The maximum absolute atomic E-state index is 13.5. The van der Waals surface area contributed by atoms with Gasteiger partial charge in [0.25, 0.3) is 0 Å². The van der Waals surface area contributed by atoms with Crippen molar-refractivity contribution in [2.75, 3.05) is 6.54 Å². The van der Waals surface area contributed by atoms with E-state index in [1.54, 1.807) is 41.3 Å². The summed E-state index contributed by atoms with van der Waals surface area (Å²) in [6.45, 7) is 0.589. The van der Waals surface area contributed by atoms with Crippen molar-refractivity contribution in [2.24, 2.45) is 0 Å². The molecule has 1 fully saturated rings. The molecule has 5 rings (SSSR count). The number of fused-ring (bicyclic) bond motifs is 1. The van der Waals surface area contributed by atoms with Gasteiger partial charge < -0.3 is 9.32 Å². The Balaban J connectivity index is 1.43. The highest BCUT2D eigenvalue weighted by Gasteiger charge is 2.34. The molecule has 1 amide bonds. The minimum atomic E-state index is -4.46. The standard InChI is InChI=1S/C27H21F3N2O2/c28-27(29,30)21-10-5-4-9-20(21)19-13-14-24-22(17-19)31-26(34-24)23-11-6-16-32(23)25(33)15-12-18-7-2-1-3-8-18/h1-5,7-10,12-15,17,23H,6,11,16H2/b15-12+. The number of oxazole rings is 1. The number of halogens is 3. The topological polar surface area (TPSA) is 46.3 Å². The monoisotopic (exact) mass is 462 g/mol. The quantitative estimate of drug-likeness (QED) is 0.310. The third kappa shape index (κ3) is 4.33. The Morgan fingerprint density at radius 2 is 1.79 bits per heavy atom. The van der Waals surface area contributed by atoms with Gasteiger partial charge in [0.15, 0.2) is 5.58 Å². The van der Waals surface area contributed by atoms with Gasteiger partial charge >= 0.3 is 6.18 Å². The van der Waals surface area contributed by atoms with Crippen LogP contribution in [0.5, 0.6) is 0 Å². The fraction of sp³-hybridized carbons (Fsp3) is 0.185. The first-order valence-corrected chi connectivity index (χ1v) is 11.0. The summed E-state index contributed by atoms with van der Waals surface area (Å²) in [6.07, 6.45) is 0.384. The number of rotatable bonds is 4. The van der Waals surface area contributed by atoms with E-state index in [-0.39, 0.29) is 17.5 Å². The number of nitrogens with zero attached hydrogens (tertiary/aromatic N) is 2. The number of carbonyl (C=O) groups excluding carboxylic acids is 1. The molecule has 34 heavy (non-hydrogen) atoms. The Hall–Kier alpha value is -3.87. The fourth-order valence-corrected chi connectivity index (χ4v) is 4.35. The highest BCUT2D eigenvalue weighted by Crippen LogP contribution is 2.39. The number of amides is 1. The summed E-state index contributed by atoms with van der Waals surface area (Å²) in [7, 11) is 0. The van der Waals surface area contributed by atoms with Gasteiger partial charge in [-0.3, -0.25) is 4.79 Å². The van der Waals surface area contributed by atoms with E-state index in [0.717, 1.165) is 18.1 Å². The zero-order chi connectivity index (χ0) is 23.7. The molecule has 4 aromatic rings. The van der Waals surface area contributed by atoms with Gasteiger partial charge in [-0.05, 0) is 53.8 Å². The molecule has 0 aliphatic carbocycles. The molecule has 172 valence electrons. The largest absolute Gasteiger partial charge is 0.438 e. The Kier molecular flexibility index (Phi) is 5.69. The Morgan fingerprint density at radius 3 is 2.59 bits per heavy atom. The van der Waals surface area contributed by atoms with E-state index in [4.69, 9.17) is 4.42 Å². The Morgan fingerprint density at radius 1 is 1.03 bits per heavy atom. The molecule has 2 heterocycles. The van der Waals surface area contributed by atoms with Crippen LogP contribution >= 0.6 is 0 Å². The third-order valence-electron chi connectivity index (χ3n) is 5.99. The molecule has 1 aliphatic heterocycles. The van der Waals surface area contributed by atoms with Crippen LogP contribution in [0.25, 0.3) is 28.3 Å². The van der Waals surface area contributed by atoms with E-state index < -0.39 is 11.7 Å². The summed E-state index contributed by atoms with van der Waals surface area (Å²) in [5, 5.41) is 0. The summed E-state index contributed by atoms with van der Waals surface area (Å²) in [5.74, 6) is 0.267. The smallest absolute Gasteiger partial charge is 0.417 e. The van der Waals surface area contributed by atoms with Gasteiger partial charge in [-0.15, -0.1) is 0 Å². The number of hydrogen-bond acceptors (Lipinski definition) is 3. The Labute approximate surface area is 194 Å². The van der Waals surface area contributed by atoms with Crippen LogP contribution in [0.3, 0.4) is 0 Å². The lowest BCUT2D eigenvalue weighted by molar-refractivity contribution is -0.137. The van der Waals surface area contributed by atoms with Crippen LogP contribution in [-0.4, -0.2) is 22.3 Å². The van der Waals surface area contributed by atoms with E-state index in [9.17, 15) is 18.0 Å². The van der Waals surface area contributed by atoms with Crippen molar-refractivity contribution in [3.05, 3.63) is 95.9 Å². The summed E-state index contributed by atoms with van der Waals surface area (Å²) in [5.41, 5.74) is 1.66. The zero-order valence-corrected chi connectivity index (χ0v) is 18.1. The predicted octanol–water partition coefficient (Wildman–Crippen LogP) is 6.89. The lowest BCUT2D eigenvalue weighted by atomic mass is 9.99. The summed E-state index contributed by atoms with van der Waals surface area (Å²) in [4.78, 5) is 19.1. The number of benzene rings is 3. The number of aromatic nitrogens is 1. The molecule has 7 heteroatoms. The Bertz CT molecular complexity index is 1360. The molecule has 0 radical (unpaired) electrons. The van der Waals surface area contributed by atoms with Crippen LogP contribution in [0.1, 0.15) is 35.9 Å². The average molecular weight is 462 g/mol. The van der Waals surface area contributed by atoms with E-state index in [1.807, 2.05) is 30.3 Å². The third-order valence-corrected chi connectivity index (χ3v) is 5.99. The molecule has 0 N–H and O–H groups in total. The molecule has 1 aliphatic rings. The number of alkyl halides is 3. The first-order valence-electron chi connectivity index (χ1n) is 11.0. The van der Waals surface area contributed by atoms with Gasteiger partial charge in [-0.2, -0.15) is 13.2 Å². The van der Waals surface area contributed by atoms with E-state index in [2.05, 4.69) is 4.98 Å². The van der Waals surface area contributed by atoms with E-state index >= 15 is 0 Å². The SMILES string of the molecule is O=C(/C=C/c1ccccc1)N1CCCC1c1nc2cc(-c3ccccc3C(F)(F)F)ccc2o1. The fourth-order valence-electron chi connectivity index (χ4n) is 4.35. The van der Waals surface area contributed by atoms with Crippen molar-refractivity contribution >= 4 is 23.1 Å². The van der Waals surface area contributed by atoms with Gasteiger partial charge in [0.05, 0.1) is 5.56 Å². The van der Waals surface area contributed by atoms with Crippen molar-refractivity contribution in [3.8, 4) is 11.1 Å². The first-order chi connectivity index (χ1) is 16.4. The minimum Gasteiger partial charge on any atom is -0.438 e. The van der Waals surface area contributed by atoms with Crippen LogP contribution in [0, 0.1) is 0 Å². The molecule has 0 saturated carbocycles. The summed E-state index contributed by atoms with van der Waals surface area (Å²) < 4.78 is 46.3. The zero-order valence-electron chi connectivity index (χ0n) is 18.1. The van der Waals surface area contributed by atoms with Crippen LogP contribution in [0.15, 0.2) is 83.3 Å². The predicted molar refractivity (Wildman–Crippen MR) is 124 cm³/mol. The molecule has 1 saturated heterocycles. The highest BCUT2D eigenvalue weighted by atomic mass is 19.4. The van der Waals surface area contributed by atoms with Crippen LogP contribution in [-0.2, 0) is 11.0 Å². The highest BCUT2D eigenvalue weighted by molar-refractivity contribution is 5.92. The van der Waals surface area contributed by atoms with Crippen molar-refractivity contribution in [2.45, 2.75) is 25.1 Å². The van der Waals surface area contributed by atoms with Crippen molar-refractivity contribution in [1.29, 1.82) is 0 Å². The number of carbonyl (C=O) groups is 1. The first kappa shape index (κ1) is 21.9. The van der Waals surface area contributed by atoms with Crippen molar-refractivity contribution in [3.63, 3.8) is 0 Å². The van der Waals surface area contributed by atoms with Gasteiger partial charge in [0.2, 0.25) is 11.8 Å². The van der Waals surface area contributed by atoms with Gasteiger partial charge in [-0.1, -0.05) is 54.6 Å². The number of hydrogen-bond donors (Lipinski definition) is 0. The lowest BCUT2D eigenvalue weighted by Crippen LogP contribution is -2.29. The normalized spacial score (nSPS) is 16.6. The molecule has 4 nitrogen and oxygen atoms in total. The van der Waals surface area contributed by atoms with Crippen molar-refractivity contribution in [1.82, 2.24) is 9.88 Å². The van der Waals surface area contributed by atoms with Crippen LogP contribution in [0.2, 0.25) is 0 Å². The average Bonchev–Trinajstić information content (AvgIpc) is 3.49. The second-order valence-corrected chi connectivity index (χ2v) is 8.21. The van der Waals surface area contributed by atoms with Crippen LogP contribution in [0.4, 0.5) is 13.2 Å². The number of likely N-dealkylation sites (tertiary alicyclic amines) is 1. The van der Waals surface area contributed by atoms with Gasteiger partial charge in [0, 0.05) is 12.6 Å². The van der Waals surface area contributed by atoms with Gasteiger partial charge in [-0.25, -0.2) is 4.98 Å². The van der Waals surface area contributed by atoms with E-state index in [1.165, 1.54) is 12.1 Å². The molecule has 1 atom stereocenters. The summed E-state index contributed by atoms with van der Waals surface area (Å²) >= 11 is 0. The summed E-state index contributed by atoms with van der Waals surface area (Å²) in [6, 6.07) is 19.5. The molecule has 0 bridgehead atoms. The van der Waals surface area contributed by atoms with Crippen molar-refractivity contribution < 1.29 is 22.4 Å². The maximum Gasteiger partial charge on any atom is 0.417 e. The van der Waals surface area contributed by atoms with Gasteiger partial charge in [0.1, 0.15) is 11.6 Å². The molecule has 0 spiro atoms. The maximum atomic E-state index is 13.5. The molecule has 3 aromatic carbocycles. The second-order valence-electron chi connectivity index (χ2n) is 8.21. The second kappa shape index (κ2) is 8.82. The molecular weight excluding hydrogens is 441 g/mol. The minimum absolute atomic E-state index is 0.0881. The lowest BCUT2D eigenvalue weighted by Gasteiger charge is -2.20.